The van der Waals surface area contributed by atoms with Crippen molar-refractivity contribution in [1.29, 1.82) is 5.26 Å². The van der Waals surface area contributed by atoms with Crippen molar-refractivity contribution in [3.8, 4) is 6.07 Å². The van der Waals surface area contributed by atoms with Crippen molar-refractivity contribution in [2.75, 3.05) is 5.32 Å². The van der Waals surface area contributed by atoms with Crippen LogP contribution in [-0.4, -0.2) is 5.91 Å². The largest absolute Gasteiger partial charge is 0.326 e. The minimum Gasteiger partial charge on any atom is -0.326 e. The van der Waals surface area contributed by atoms with Gasteiger partial charge in [0.2, 0.25) is 5.91 Å². The Hall–Kier alpha value is -2.12. The lowest BCUT2D eigenvalue weighted by atomic mass is 10.1. The molecule has 0 fully saturated rings. The van der Waals surface area contributed by atoms with Crippen LogP contribution in [-0.2, 0) is 17.6 Å². The Morgan fingerprint density at radius 3 is 2.57 bits per heavy atom. The SMILES string of the molecule is CCc1cc(Br)ccc1NC(=O)Cc1ccc(C#N)cc1. The first-order valence-electron chi connectivity index (χ1n) is 6.69. The number of nitrogens with one attached hydrogen (secondary N) is 1. The molecular formula is C17H15BrN2O. The number of hydrogen-bond donors (Lipinski definition) is 1. The zero-order valence-electron chi connectivity index (χ0n) is 11.7. The van der Waals surface area contributed by atoms with E-state index in [1.807, 2.05) is 18.2 Å². The molecule has 2 aromatic rings. The lowest BCUT2D eigenvalue weighted by Crippen LogP contribution is -2.15. The Bertz CT molecular complexity index is 687. The fraction of sp³-hybridized carbons (Fsp3) is 0.176. The predicted octanol–water partition coefficient (Wildman–Crippen LogP) is 4.06. The molecule has 3 nitrogen and oxygen atoms in total. The standard InChI is InChI=1S/C17H15BrN2O/c1-2-14-10-15(18)7-8-16(14)20-17(21)9-12-3-5-13(11-19)6-4-12/h3-8,10H,2,9H2,1H3,(H,20,21). The summed E-state index contributed by atoms with van der Waals surface area (Å²) in [6.07, 6.45) is 1.15. The molecule has 0 aliphatic rings. The highest BCUT2D eigenvalue weighted by molar-refractivity contribution is 9.10. The van der Waals surface area contributed by atoms with Crippen molar-refractivity contribution >= 4 is 27.5 Å². The Kier molecular flexibility index (Phi) is 5.13. The molecule has 0 aromatic heterocycles. The average Bonchev–Trinajstić information content (AvgIpc) is 2.49. The van der Waals surface area contributed by atoms with E-state index < -0.39 is 0 Å². The topological polar surface area (TPSA) is 52.9 Å². The Balaban J connectivity index is 2.06. The van der Waals surface area contributed by atoms with E-state index in [2.05, 4.69) is 34.2 Å². The van der Waals surface area contributed by atoms with E-state index >= 15 is 0 Å². The zero-order chi connectivity index (χ0) is 15.2. The second-order valence-electron chi connectivity index (χ2n) is 4.69. The molecule has 0 bridgehead atoms. The van der Waals surface area contributed by atoms with Gasteiger partial charge in [-0.15, -0.1) is 0 Å². The summed E-state index contributed by atoms with van der Waals surface area (Å²) in [5.74, 6) is -0.0586. The molecule has 0 unspecified atom stereocenters. The highest BCUT2D eigenvalue weighted by Crippen LogP contribution is 2.21. The molecule has 4 heteroatoms. The first kappa shape index (κ1) is 15.3. The van der Waals surface area contributed by atoms with Crippen molar-refractivity contribution in [3.63, 3.8) is 0 Å². The molecule has 0 aliphatic carbocycles. The van der Waals surface area contributed by atoms with E-state index in [0.29, 0.717) is 12.0 Å². The maximum atomic E-state index is 12.1. The van der Waals surface area contributed by atoms with E-state index in [0.717, 1.165) is 27.7 Å². The van der Waals surface area contributed by atoms with Gasteiger partial charge in [0.15, 0.2) is 0 Å². The molecule has 2 aromatic carbocycles. The molecule has 0 heterocycles. The van der Waals surface area contributed by atoms with Gasteiger partial charge in [0.25, 0.3) is 0 Å². The number of aryl methyl sites for hydroxylation is 1. The molecule has 2 rings (SSSR count). The summed E-state index contributed by atoms with van der Waals surface area (Å²) >= 11 is 3.43. The van der Waals surface area contributed by atoms with Gasteiger partial charge in [-0.2, -0.15) is 5.26 Å². The van der Waals surface area contributed by atoms with E-state index in [4.69, 9.17) is 5.26 Å². The van der Waals surface area contributed by atoms with Crippen LogP contribution in [0.3, 0.4) is 0 Å². The van der Waals surface area contributed by atoms with Crippen LogP contribution in [0.25, 0.3) is 0 Å². The first-order chi connectivity index (χ1) is 10.1. The van der Waals surface area contributed by atoms with Gasteiger partial charge in [0.05, 0.1) is 18.1 Å². The maximum absolute atomic E-state index is 12.1. The molecule has 1 N–H and O–H groups in total. The second kappa shape index (κ2) is 7.05. The van der Waals surface area contributed by atoms with E-state index in [1.165, 1.54) is 0 Å². The molecule has 0 saturated heterocycles. The van der Waals surface area contributed by atoms with Crippen LogP contribution in [0.1, 0.15) is 23.6 Å². The van der Waals surface area contributed by atoms with Crippen molar-refractivity contribution in [2.24, 2.45) is 0 Å². The number of hydrogen-bond acceptors (Lipinski definition) is 2. The lowest BCUT2D eigenvalue weighted by Gasteiger charge is -2.10. The summed E-state index contributed by atoms with van der Waals surface area (Å²) < 4.78 is 1.00. The van der Waals surface area contributed by atoms with Gasteiger partial charge in [0, 0.05) is 10.2 Å². The molecular weight excluding hydrogens is 328 g/mol. The predicted molar refractivity (Wildman–Crippen MR) is 87.0 cm³/mol. The minimum absolute atomic E-state index is 0.0586. The number of carbonyl (C=O) groups is 1. The van der Waals surface area contributed by atoms with Crippen molar-refractivity contribution in [3.05, 3.63) is 63.6 Å². The third-order valence-corrected chi connectivity index (χ3v) is 3.66. The molecule has 0 radical (unpaired) electrons. The van der Waals surface area contributed by atoms with Gasteiger partial charge >= 0.3 is 0 Å². The van der Waals surface area contributed by atoms with Gasteiger partial charge in [-0.25, -0.2) is 0 Å². The summed E-state index contributed by atoms with van der Waals surface area (Å²) in [5, 5.41) is 11.7. The van der Waals surface area contributed by atoms with Gasteiger partial charge in [0.1, 0.15) is 0 Å². The summed E-state index contributed by atoms with van der Waals surface area (Å²) in [6.45, 7) is 2.05. The van der Waals surface area contributed by atoms with Crippen LogP contribution in [0.15, 0.2) is 46.9 Å². The number of carbonyl (C=O) groups excluding carboxylic acids is 1. The number of rotatable bonds is 4. The van der Waals surface area contributed by atoms with E-state index in [9.17, 15) is 4.79 Å². The van der Waals surface area contributed by atoms with Crippen LogP contribution < -0.4 is 5.32 Å². The Labute approximate surface area is 132 Å². The number of halogens is 1. The molecule has 1 amide bonds. The average molecular weight is 343 g/mol. The number of amides is 1. The Morgan fingerprint density at radius 2 is 1.95 bits per heavy atom. The lowest BCUT2D eigenvalue weighted by molar-refractivity contribution is -0.115. The summed E-state index contributed by atoms with van der Waals surface area (Å²) in [4.78, 5) is 12.1. The fourth-order valence-corrected chi connectivity index (χ4v) is 2.46. The van der Waals surface area contributed by atoms with Gasteiger partial charge in [-0.05, 0) is 47.9 Å². The van der Waals surface area contributed by atoms with Gasteiger partial charge in [-0.3, -0.25) is 4.79 Å². The van der Waals surface area contributed by atoms with Crippen LogP contribution in [0.5, 0.6) is 0 Å². The van der Waals surface area contributed by atoms with Crippen molar-refractivity contribution in [2.45, 2.75) is 19.8 Å². The van der Waals surface area contributed by atoms with Crippen LogP contribution >= 0.6 is 15.9 Å². The third kappa shape index (κ3) is 4.17. The quantitative estimate of drug-likeness (QED) is 0.910. The maximum Gasteiger partial charge on any atom is 0.228 e. The normalized spacial score (nSPS) is 9.95. The molecule has 0 atom stereocenters. The summed E-state index contributed by atoms with van der Waals surface area (Å²) in [7, 11) is 0. The van der Waals surface area contributed by atoms with Gasteiger partial charge < -0.3 is 5.32 Å². The highest BCUT2D eigenvalue weighted by atomic mass is 79.9. The van der Waals surface area contributed by atoms with Gasteiger partial charge in [-0.1, -0.05) is 35.0 Å². The zero-order valence-corrected chi connectivity index (χ0v) is 13.3. The van der Waals surface area contributed by atoms with Crippen LogP contribution in [0.4, 0.5) is 5.69 Å². The van der Waals surface area contributed by atoms with E-state index in [-0.39, 0.29) is 5.91 Å². The molecule has 0 spiro atoms. The Morgan fingerprint density at radius 1 is 1.24 bits per heavy atom. The summed E-state index contributed by atoms with van der Waals surface area (Å²) in [5.41, 5.74) is 3.43. The van der Waals surface area contributed by atoms with Crippen molar-refractivity contribution in [1.82, 2.24) is 0 Å². The summed E-state index contributed by atoms with van der Waals surface area (Å²) in [6, 6.07) is 14.9. The fourth-order valence-electron chi connectivity index (χ4n) is 2.05. The molecule has 0 saturated carbocycles. The van der Waals surface area contributed by atoms with E-state index in [1.54, 1.807) is 24.3 Å². The van der Waals surface area contributed by atoms with Crippen LogP contribution in [0.2, 0.25) is 0 Å². The van der Waals surface area contributed by atoms with Crippen molar-refractivity contribution < 1.29 is 4.79 Å². The molecule has 0 aliphatic heterocycles. The molecule has 106 valence electrons. The number of anilines is 1. The molecule has 21 heavy (non-hydrogen) atoms. The second-order valence-corrected chi connectivity index (χ2v) is 5.60. The third-order valence-electron chi connectivity index (χ3n) is 3.17. The smallest absolute Gasteiger partial charge is 0.228 e. The minimum atomic E-state index is -0.0586. The first-order valence-corrected chi connectivity index (χ1v) is 7.49. The number of nitriles is 1. The van der Waals surface area contributed by atoms with Crippen LogP contribution in [0, 0.1) is 11.3 Å². The monoisotopic (exact) mass is 342 g/mol. The number of benzene rings is 2. The highest BCUT2D eigenvalue weighted by Gasteiger charge is 2.07. The number of nitrogens with zero attached hydrogens (tertiary/aromatic N) is 1.